The molecule has 0 amide bonds. The third-order valence-electron chi connectivity index (χ3n) is 8.08. The molecular formula is C40H27N3. The van der Waals surface area contributed by atoms with Crippen LogP contribution in [0.5, 0.6) is 0 Å². The second-order valence-electron chi connectivity index (χ2n) is 10.8. The third-order valence-corrected chi connectivity index (χ3v) is 8.08. The first-order chi connectivity index (χ1) is 21.3. The summed E-state index contributed by atoms with van der Waals surface area (Å²) in [5.74, 6) is 0. The average molecular weight is 550 g/mol. The summed E-state index contributed by atoms with van der Waals surface area (Å²) < 4.78 is 0. The maximum absolute atomic E-state index is 4.81. The van der Waals surface area contributed by atoms with Crippen molar-refractivity contribution < 1.29 is 0 Å². The van der Waals surface area contributed by atoms with Gasteiger partial charge in [-0.25, -0.2) is 0 Å². The normalized spacial score (nSPS) is 11.3. The lowest BCUT2D eigenvalue weighted by Gasteiger charge is -2.25. The van der Waals surface area contributed by atoms with Crippen molar-refractivity contribution in [1.82, 2.24) is 9.97 Å². The minimum atomic E-state index is 0.939. The summed E-state index contributed by atoms with van der Waals surface area (Å²) in [6.45, 7) is 0. The molecule has 0 atom stereocenters. The van der Waals surface area contributed by atoms with Crippen LogP contribution in [0, 0.1) is 0 Å². The molecule has 0 radical (unpaired) electrons. The van der Waals surface area contributed by atoms with Crippen molar-refractivity contribution in [2.24, 2.45) is 0 Å². The van der Waals surface area contributed by atoms with Crippen LogP contribution in [-0.4, -0.2) is 9.97 Å². The van der Waals surface area contributed by atoms with Gasteiger partial charge in [-0.2, -0.15) is 0 Å². The first kappa shape index (κ1) is 25.0. The summed E-state index contributed by atoms with van der Waals surface area (Å²) in [6, 6.07) is 53.7. The molecule has 0 aliphatic carbocycles. The van der Waals surface area contributed by atoms with Gasteiger partial charge in [0.25, 0.3) is 0 Å². The summed E-state index contributed by atoms with van der Waals surface area (Å²) in [5, 5.41) is 4.62. The summed E-state index contributed by atoms with van der Waals surface area (Å²) in [5.41, 5.74) is 9.92. The highest BCUT2D eigenvalue weighted by Gasteiger charge is 2.12. The van der Waals surface area contributed by atoms with E-state index in [1.165, 1.54) is 21.9 Å². The number of fused-ring (bicyclic) bond motifs is 4. The molecule has 0 bridgehead atoms. The van der Waals surface area contributed by atoms with Crippen molar-refractivity contribution in [3.05, 3.63) is 164 Å². The van der Waals surface area contributed by atoms with Gasteiger partial charge in [0.1, 0.15) is 0 Å². The molecule has 2 heterocycles. The molecule has 2 aromatic heterocycles. The quantitative estimate of drug-likeness (QED) is 0.200. The van der Waals surface area contributed by atoms with Crippen molar-refractivity contribution >= 4 is 49.6 Å². The second kappa shape index (κ2) is 10.6. The fraction of sp³-hybridized carbons (Fsp3) is 0. The van der Waals surface area contributed by atoms with Crippen LogP contribution >= 0.6 is 0 Å². The van der Waals surface area contributed by atoms with E-state index in [1.54, 1.807) is 0 Å². The largest absolute Gasteiger partial charge is 0.311 e. The Morgan fingerprint density at radius 1 is 0.349 bits per heavy atom. The Morgan fingerprint density at radius 3 is 1.53 bits per heavy atom. The Labute approximate surface area is 250 Å². The number of para-hydroxylation sites is 2. The molecule has 202 valence electrons. The topological polar surface area (TPSA) is 29.0 Å². The smallest absolute Gasteiger partial charge is 0.0964 e. The molecule has 0 saturated heterocycles. The molecule has 8 rings (SSSR count). The van der Waals surface area contributed by atoms with Crippen LogP contribution in [0.3, 0.4) is 0 Å². The van der Waals surface area contributed by atoms with E-state index in [9.17, 15) is 0 Å². The molecule has 3 heteroatoms. The minimum Gasteiger partial charge on any atom is -0.311 e. The van der Waals surface area contributed by atoms with Gasteiger partial charge in [0, 0.05) is 45.8 Å². The highest BCUT2D eigenvalue weighted by Crippen LogP contribution is 2.36. The molecule has 0 fully saturated rings. The minimum absolute atomic E-state index is 0.939. The van der Waals surface area contributed by atoms with Gasteiger partial charge in [-0.15, -0.1) is 0 Å². The second-order valence-corrected chi connectivity index (χ2v) is 10.8. The standard InChI is InChI=1S/C40H27N3/c1-3-9-36(10-4-1)43(37-11-5-2-6-12-37)38-21-19-28(20-22-38)30-14-15-32-25-33(17-16-31(32)24-30)35-26-34-18-13-29-8-7-23-41-39(29)40(34)42-27-35/h1-27H. The van der Waals surface area contributed by atoms with Gasteiger partial charge >= 0.3 is 0 Å². The highest BCUT2D eigenvalue weighted by molar-refractivity contribution is 6.03. The van der Waals surface area contributed by atoms with Crippen LogP contribution in [0.25, 0.3) is 54.8 Å². The predicted molar refractivity (Wildman–Crippen MR) is 180 cm³/mol. The fourth-order valence-electron chi connectivity index (χ4n) is 5.90. The molecule has 0 aliphatic rings. The number of nitrogens with zero attached hydrogens (tertiary/aromatic N) is 3. The van der Waals surface area contributed by atoms with E-state index in [-0.39, 0.29) is 0 Å². The molecule has 0 saturated carbocycles. The summed E-state index contributed by atoms with van der Waals surface area (Å²) in [7, 11) is 0. The van der Waals surface area contributed by atoms with Crippen LogP contribution in [0.15, 0.2) is 164 Å². The zero-order chi connectivity index (χ0) is 28.6. The van der Waals surface area contributed by atoms with Crippen LogP contribution < -0.4 is 4.90 Å². The molecule has 43 heavy (non-hydrogen) atoms. The van der Waals surface area contributed by atoms with Crippen molar-refractivity contribution in [2.75, 3.05) is 4.90 Å². The number of rotatable bonds is 5. The van der Waals surface area contributed by atoms with Crippen LogP contribution in [0.4, 0.5) is 17.1 Å². The van der Waals surface area contributed by atoms with Gasteiger partial charge in [-0.3, -0.25) is 9.97 Å². The third kappa shape index (κ3) is 4.67. The number of hydrogen-bond donors (Lipinski definition) is 0. The van der Waals surface area contributed by atoms with E-state index in [0.29, 0.717) is 0 Å². The summed E-state index contributed by atoms with van der Waals surface area (Å²) >= 11 is 0. The maximum Gasteiger partial charge on any atom is 0.0964 e. The van der Waals surface area contributed by atoms with Crippen molar-refractivity contribution in [3.63, 3.8) is 0 Å². The zero-order valence-corrected chi connectivity index (χ0v) is 23.4. The Balaban J connectivity index is 1.10. The lowest BCUT2D eigenvalue weighted by Crippen LogP contribution is -2.09. The molecule has 0 spiro atoms. The van der Waals surface area contributed by atoms with Gasteiger partial charge in [-0.1, -0.05) is 91.0 Å². The van der Waals surface area contributed by atoms with Crippen LogP contribution in [0.1, 0.15) is 0 Å². The molecule has 0 N–H and O–H groups in total. The first-order valence-corrected chi connectivity index (χ1v) is 14.5. The Bertz CT molecular complexity index is 2180. The zero-order valence-electron chi connectivity index (χ0n) is 23.4. The predicted octanol–water partition coefficient (Wildman–Crippen LogP) is 10.7. The van der Waals surface area contributed by atoms with E-state index < -0.39 is 0 Å². The van der Waals surface area contributed by atoms with Gasteiger partial charge in [-0.05, 0) is 88.1 Å². The van der Waals surface area contributed by atoms with Crippen molar-refractivity contribution in [2.45, 2.75) is 0 Å². The Morgan fingerprint density at radius 2 is 0.860 bits per heavy atom. The summed E-state index contributed by atoms with van der Waals surface area (Å²) in [4.78, 5) is 11.7. The van der Waals surface area contributed by atoms with Crippen molar-refractivity contribution in [1.29, 1.82) is 0 Å². The average Bonchev–Trinajstić information content (AvgIpc) is 3.09. The first-order valence-electron chi connectivity index (χ1n) is 14.5. The van der Waals surface area contributed by atoms with E-state index >= 15 is 0 Å². The highest BCUT2D eigenvalue weighted by atomic mass is 15.1. The van der Waals surface area contributed by atoms with Gasteiger partial charge in [0.05, 0.1) is 11.0 Å². The van der Waals surface area contributed by atoms with E-state index in [0.717, 1.165) is 50.0 Å². The van der Waals surface area contributed by atoms with Gasteiger partial charge in [0.2, 0.25) is 0 Å². The lowest BCUT2D eigenvalue weighted by molar-refractivity contribution is 1.28. The molecule has 6 aromatic carbocycles. The molecule has 3 nitrogen and oxygen atoms in total. The lowest BCUT2D eigenvalue weighted by atomic mass is 9.97. The van der Waals surface area contributed by atoms with E-state index in [2.05, 4.69) is 155 Å². The molecule has 8 aromatic rings. The van der Waals surface area contributed by atoms with Gasteiger partial charge < -0.3 is 4.90 Å². The van der Waals surface area contributed by atoms with E-state index in [4.69, 9.17) is 4.98 Å². The fourth-order valence-corrected chi connectivity index (χ4v) is 5.90. The monoisotopic (exact) mass is 549 g/mol. The maximum atomic E-state index is 4.81. The number of benzene rings is 6. The van der Waals surface area contributed by atoms with Crippen LogP contribution in [-0.2, 0) is 0 Å². The number of anilines is 3. The summed E-state index contributed by atoms with van der Waals surface area (Å²) in [6.07, 6.45) is 3.79. The number of hydrogen-bond acceptors (Lipinski definition) is 3. The Kier molecular flexibility index (Phi) is 6.12. The number of aromatic nitrogens is 2. The molecule has 0 unspecified atom stereocenters. The Hall–Kier alpha value is -5.80. The van der Waals surface area contributed by atoms with Crippen molar-refractivity contribution in [3.8, 4) is 22.3 Å². The van der Waals surface area contributed by atoms with E-state index in [1.807, 2.05) is 18.5 Å². The SMILES string of the molecule is c1ccc(N(c2ccccc2)c2ccc(-c3ccc4cc(-c5cnc6c(ccc7cccnc76)c5)ccc4c3)cc2)cc1. The van der Waals surface area contributed by atoms with Crippen LogP contribution in [0.2, 0.25) is 0 Å². The van der Waals surface area contributed by atoms with Gasteiger partial charge in [0.15, 0.2) is 0 Å². The number of pyridine rings is 2. The molecule has 0 aliphatic heterocycles. The molecular weight excluding hydrogens is 522 g/mol.